The van der Waals surface area contributed by atoms with Crippen LogP contribution in [0.2, 0.25) is 0 Å². The van der Waals surface area contributed by atoms with Gasteiger partial charge in [0.1, 0.15) is 6.61 Å². The number of rotatable bonds is 7. The lowest BCUT2D eigenvalue weighted by atomic mass is 10.0. The van der Waals surface area contributed by atoms with Crippen LogP contribution < -0.4 is 9.47 Å². The number of benzene rings is 3. The summed E-state index contributed by atoms with van der Waals surface area (Å²) in [7, 11) is 1.51. The smallest absolute Gasteiger partial charge is 0.269 e. The third-order valence-corrected chi connectivity index (χ3v) is 5.13. The van der Waals surface area contributed by atoms with Crippen LogP contribution in [0.25, 0.3) is 11.6 Å². The fourth-order valence-electron chi connectivity index (χ4n) is 2.90. The van der Waals surface area contributed by atoms with E-state index in [1.54, 1.807) is 54.6 Å². The highest BCUT2D eigenvalue weighted by Gasteiger charge is 2.13. The molecule has 3 rings (SSSR count). The maximum absolute atomic E-state index is 10.8. The van der Waals surface area contributed by atoms with Crippen LogP contribution in [0.3, 0.4) is 0 Å². The Kier molecular flexibility index (Phi) is 7.22. The van der Waals surface area contributed by atoms with Gasteiger partial charge in [0.05, 0.1) is 39.8 Å². The van der Waals surface area contributed by atoms with Gasteiger partial charge in [0.15, 0.2) is 11.5 Å². The first-order valence-corrected chi connectivity index (χ1v) is 10.1. The quantitative estimate of drug-likeness (QED) is 0.177. The summed E-state index contributed by atoms with van der Waals surface area (Å²) in [6, 6.07) is 20.6. The molecule has 158 valence electrons. The maximum atomic E-state index is 10.8. The summed E-state index contributed by atoms with van der Waals surface area (Å²) < 4.78 is 12.0. The molecule has 0 atom stereocenters. The van der Waals surface area contributed by atoms with Gasteiger partial charge in [-0.05, 0) is 75.1 Å². The summed E-state index contributed by atoms with van der Waals surface area (Å²) in [5.41, 5.74) is 3.14. The molecule has 7 nitrogen and oxygen atoms in total. The summed E-state index contributed by atoms with van der Waals surface area (Å²) >= 11 is 3.49. The molecule has 0 fully saturated rings. The van der Waals surface area contributed by atoms with Gasteiger partial charge in [0.2, 0.25) is 0 Å². The standard InChI is InChI=1S/C24H16BrN3O4/c1-31-23-12-18(10-20(14-27)19-6-2-16(13-26)3-7-19)11-22(25)24(23)32-15-17-4-8-21(9-5-17)28(29)30/h2-12H,15H2,1H3/b20-10+. The number of nitriles is 2. The number of ether oxygens (including phenoxy) is 2. The Hall–Kier alpha value is -4.14. The molecule has 0 unspecified atom stereocenters. The predicted molar refractivity (Wildman–Crippen MR) is 123 cm³/mol. The zero-order valence-electron chi connectivity index (χ0n) is 16.9. The first-order valence-electron chi connectivity index (χ1n) is 9.31. The minimum absolute atomic E-state index is 0.0132. The van der Waals surface area contributed by atoms with Crippen molar-refractivity contribution in [3.05, 3.63) is 97.5 Å². The molecule has 0 aliphatic heterocycles. The van der Waals surface area contributed by atoms with E-state index in [-0.39, 0.29) is 12.3 Å². The summed E-state index contributed by atoms with van der Waals surface area (Å²) in [6.45, 7) is 0.191. The van der Waals surface area contributed by atoms with E-state index in [2.05, 4.69) is 28.1 Å². The highest BCUT2D eigenvalue weighted by atomic mass is 79.9. The van der Waals surface area contributed by atoms with E-state index in [1.165, 1.54) is 19.2 Å². The van der Waals surface area contributed by atoms with Crippen LogP contribution >= 0.6 is 15.9 Å². The molecule has 0 aliphatic carbocycles. The Morgan fingerprint density at radius 1 is 1.12 bits per heavy atom. The molecule has 0 amide bonds. The molecule has 0 saturated carbocycles. The van der Waals surface area contributed by atoms with Gasteiger partial charge in [0, 0.05) is 12.1 Å². The molecule has 0 bridgehead atoms. The van der Waals surface area contributed by atoms with Crippen LogP contribution in [0, 0.1) is 32.8 Å². The summed E-state index contributed by atoms with van der Waals surface area (Å²) in [5, 5.41) is 29.3. The SMILES string of the molecule is COc1cc(/C=C(\C#N)c2ccc(C#N)cc2)cc(Br)c1OCc1ccc([N+](=O)[O-])cc1. The van der Waals surface area contributed by atoms with Gasteiger partial charge in [-0.15, -0.1) is 0 Å². The molecule has 0 aromatic heterocycles. The predicted octanol–water partition coefficient (Wildman–Crippen LogP) is 5.88. The largest absolute Gasteiger partial charge is 0.493 e. The third-order valence-electron chi connectivity index (χ3n) is 4.54. The van der Waals surface area contributed by atoms with Gasteiger partial charge >= 0.3 is 0 Å². The molecule has 3 aromatic carbocycles. The van der Waals surface area contributed by atoms with Crippen LogP contribution in [-0.4, -0.2) is 12.0 Å². The van der Waals surface area contributed by atoms with Crippen LogP contribution in [0.15, 0.2) is 65.1 Å². The topological polar surface area (TPSA) is 109 Å². The second-order valence-corrected chi connectivity index (χ2v) is 7.46. The summed E-state index contributed by atoms with van der Waals surface area (Å²) in [5.74, 6) is 0.935. The van der Waals surface area contributed by atoms with Gasteiger partial charge < -0.3 is 9.47 Å². The average molecular weight is 490 g/mol. The van der Waals surface area contributed by atoms with Crippen LogP contribution in [0.5, 0.6) is 11.5 Å². The van der Waals surface area contributed by atoms with Crippen molar-refractivity contribution >= 4 is 33.3 Å². The lowest BCUT2D eigenvalue weighted by Crippen LogP contribution is -1.99. The molecule has 3 aromatic rings. The van der Waals surface area contributed by atoms with Gasteiger partial charge in [-0.25, -0.2) is 0 Å². The number of methoxy groups -OCH3 is 1. The van der Waals surface area contributed by atoms with Gasteiger partial charge in [-0.2, -0.15) is 10.5 Å². The first kappa shape index (κ1) is 22.5. The van der Waals surface area contributed by atoms with E-state index < -0.39 is 4.92 Å². The monoisotopic (exact) mass is 489 g/mol. The molecule has 0 aliphatic rings. The zero-order chi connectivity index (χ0) is 23.1. The number of hydrogen-bond acceptors (Lipinski definition) is 6. The number of nitro groups is 1. The normalized spacial score (nSPS) is 10.7. The number of nitrogens with zero attached hydrogens (tertiary/aromatic N) is 3. The third kappa shape index (κ3) is 5.31. The van der Waals surface area contributed by atoms with Gasteiger partial charge in [-0.1, -0.05) is 12.1 Å². The number of non-ortho nitro benzene ring substituents is 1. The highest BCUT2D eigenvalue weighted by Crippen LogP contribution is 2.38. The van der Waals surface area contributed by atoms with E-state index >= 15 is 0 Å². The minimum Gasteiger partial charge on any atom is -0.493 e. The molecule has 32 heavy (non-hydrogen) atoms. The van der Waals surface area contributed by atoms with Crippen LogP contribution in [0.4, 0.5) is 5.69 Å². The van der Waals surface area contributed by atoms with E-state index in [9.17, 15) is 15.4 Å². The fraction of sp³-hybridized carbons (Fsp3) is 0.0833. The Morgan fingerprint density at radius 3 is 2.38 bits per heavy atom. The lowest BCUT2D eigenvalue weighted by Gasteiger charge is -2.14. The average Bonchev–Trinajstić information content (AvgIpc) is 2.81. The highest BCUT2D eigenvalue weighted by molar-refractivity contribution is 9.10. The number of nitro benzene ring substituents is 1. The Balaban J connectivity index is 1.85. The van der Waals surface area contributed by atoms with Crippen molar-refractivity contribution in [2.75, 3.05) is 7.11 Å². The van der Waals surface area contributed by atoms with Crippen molar-refractivity contribution in [3.63, 3.8) is 0 Å². The number of halogens is 1. The molecule has 0 saturated heterocycles. The van der Waals surface area contributed by atoms with E-state index in [0.717, 1.165) is 11.1 Å². The van der Waals surface area contributed by atoms with Crippen molar-refractivity contribution in [3.8, 4) is 23.6 Å². The summed E-state index contributed by atoms with van der Waals surface area (Å²) in [6.07, 6.45) is 1.72. The molecule has 0 heterocycles. The lowest BCUT2D eigenvalue weighted by molar-refractivity contribution is -0.384. The van der Waals surface area contributed by atoms with Crippen LogP contribution in [0.1, 0.15) is 22.3 Å². The fourth-order valence-corrected chi connectivity index (χ4v) is 3.48. The van der Waals surface area contributed by atoms with Crippen LogP contribution in [-0.2, 0) is 6.61 Å². The maximum Gasteiger partial charge on any atom is 0.269 e. The second kappa shape index (κ2) is 10.3. The Bertz CT molecular complexity index is 1250. The van der Waals surface area contributed by atoms with Gasteiger partial charge in [-0.3, -0.25) is 10.1 Å². The van der Waals surface area contributed by atoms with E-state index in [4.69, 9.17) is 14.7 Å². The molecule has 8 heteroatoms. The van der Waals surface area contributed by atoms with Crippen molar-refractivity contribution < 1.29 is 14.4 Å². The molecule has 0 spiro atoms. The minimum atomic E-state index is -0.454. The molecular weight excluding hydrogens is 474 g/mol. The van der Waals surface area contributed by atoms with Crippen molar-refractivity contribution in [1.82, 2.24) is 0 Å². The van der Waals surface area contributed by atoms with Gasteiger partial charge in [0.25, 0.3) is 5.69 Å². The first-order chi connectivity index (χ1) is 15.4. The molecule has 0 N–H and O–H groups in total. The number of allylic oxidation sites excluding steroid dienone is 1. The Labute approximate surface area is 193 Å². The van der Waals surface area contributed by atoms with Crippen molar-refractivity contribution in [2.24, 2.45) is 0 Å². The molecular formula is C24H16BrN3O4. The Morgan fingerprint density at radius 2 is 1.81 bits per heavy atom. The van der Waals surface area contributed by atoms with E-state index in [0.29, 0.717) is 32.7 Å². The van der Waals surface area contributed by atoms with Crippen molar-refractivity contribution in [2.45, 2.75) is 6.61 Å². The zero-order valence-corrected chi connectivity index (χ0v) is 18.5. The molecule has 0 radical (unpaired) electrons. The van der Waals surface area contributed by atoms with E-state index in [1.807, 2.05) is 0 Å². The van der Waals surface area contributed by atoms with Crippen molar-refractivity contribution in [1.29, 1.82) is 10.5 Å². The number of hydrogen-bond donors (Lipinski definition) is 0. The second-order valence-electron chi connectivity index (χ2n) is 6.61. The summed E-state index contributed by atoms with van der Waals surface area (Å²) in [4.78, 5) is 10.3.